The summed E-state index contributed by atoms with van der Waals surface area (Å²) in [5.41, 5.74) is 3.27. The Balaban J connectivity index is 1.32. The van der Waals surface area contributed by atoms with E-state index in [1.807, 2.05) is 22.6 Å². The number of nitrogens with zero attached hydrogens (tertiary/aromatic N) is 10. The molecule has 2 fully saturated rings. The topological polar surface area (TPSA) is 123 Å². The first kappa shape index (κ1) is 21.9. The standard InChI is InChI=1S/C23H28N10O2/c1-30-18(2-5-25-30)15-31-6-3-17(4-7-31)33-23-20(28-29-33)22(32-8-10-35-11-9-32)26-21(27-23)16-12-19(34)14-24-13-16/h2,5,12-14,17,34H,3-4,6-11,15H2,1H3. The molecule has 6 heterocycles. The number of pyridine rings is 1. The van der Waals surface area contributed by atoms with Crippen LogP contribution in [0.1, 0.15) is 24.6 Å². The van der Waals surface area contributed by atoms with E-state index in [1.165, 1.54) is 11.9 Å². The first-order chi connectivity index (χ1) is 17.2. The normalized spacial score (nSPS) is 17.9. The van der Waals surface area contributed by atoms with E-state index < -0.39 is 0 Å². The molecule has 0 saturated carbocycles. The van der Waals surface area contributed by atoms with Crippen LogP contribution >= 0.6 is 0 Å². The molecule has 2 aliphatic rings. The number of hydrogen-bond acceptors (Lipinski definition) is 10. The average Bonchev–Trinajstić information content (AvgIpc) is 3.50. The van der Waals surface area contributed by atoms with Crippen LogP contribution in [-0.2, 0) is 18.3 Å². The predicted octanol–water partition coefficient (Wildman–Crippen LogP) is 1.40. The fourth-order valence-corrected chi connectivity index (χ4v) is 4.84. The second kappa shape index (κ2) is 9.19. The zero-order chi connectivity index (χ0) is 23.8. The smallest absolute Gasteiger partial charge is 0.184 e. The van der Waals surface area contributed by atoms with Crippen molar-refractivity contribution in [2.75, 3.05) is 44.3 Å². The van der Waals surface area contributed by atoms with E-state index in [2.05, 4.69) is 36.3 Å². The van der Waals surface area contributed by atoms with Gasteiger partial charge in [-0.05, 0) is 25.0 Å². The molecule has 0 unspecified atom stereocenters. The Labute approximate surface area is 202 Å². The Morgan fingerprint density at radius 1 is 1.09 bits per heavy atom. The molecular weight excluding hydrogens is 448 g/mol. The van der Waals surface area contributed by atoms with Gasteiger partial charge in [0.25, 0.3) is 0 Å². The minimum Gasteiger partial charge on any atom is -0.506 e. The number of aryl methyl sites for hydroxylation is 1. The zero-order valence-electron chi connectivity index (χ0n) is 19.7. The molecule has 2 aliphatic heterocycles. The van der Waals surface area contributed by atoms with Crippen LogP contribution in [0.15, 0.2) is 30.7 Å². The SMILES string of the molecule is Cn1nccc1CN1CCC(n2nnc3c(N4CCOCC4)nc(-c4cncc(O)c4)nc32)CC1. The molecular formula is C23H28N10O2. The molecule has 35 heavy (non-hydrogen) atoms. The summed E-state index contributed by atoms with van der Waals surface area (Å²) >= 11 is 0. The summed E-state index contributed by atoms with van der Waals surface area (Å²) in [6.07, 6.45) is 6.81. The van der Waals surface area contributed by atoms with E-state index in [-0.39, 0.29) is 11.8 Å². The molecule has 1 N–H and O–H groups in total. The highest BCUT2D eigenvalue weighted by atomic mass is 16.5. The van der Waals surface area contributed by atoms with Gasteiger partial charge in [0, 0.05) is 57.7 Å². The highest BCUT2D eigenvalue weighted by Gasteiger charge is 2.27. The summed E-state index contributed by atoms with van der Waals surface area (Å²) < 4.78 is 9.43. The van der Waals surface area contributed by atoms with E-state index in [9.17, 15) is 5.11 Å². The first-order valence-electron chi connectivity index (χ1n) is 11.9. The molecule has 0 amide bonds. The van der Waals surface area contributed by atoms with Crippen molar-refractivity contribution in [2.45, 2.75) is 25.4 Å². The maximum atomic E-state index is 9.97. The summed E-state index contributed by atoms with van der Waals surface area (Å²) in [5.74, 6) is 1.32. The maximum absolute atomic E-state index is 9.97. The summed E-state index contributed by atoms with van der Waals surface area (Å²) in [6.45, 7) is 5.53. The van der Waals surface area contributed by atoms with Crippen LogP contribution in [0.2, 0.25) is 0 Å². The Morgan fingerprint density at radius 2 is 1.91 bits per heavy atom. The van der Waals surface area contributed by atoms with Gasteiger partial charge in [-0.1, -0.05) is 5.21 Å². The number of hydrogen-bond donors (Lipinski definition) is 1. The monoisotopic (exact) mass is 476 g/mol. The average molecular weight is 477 g/mol. The van der Waals surface area contributed by atoms with Gasteiger partial charge in [0.05, 0.1) is 31.1 Å². The van der Waals surface area contributed by atoms with Crippen molar-refractivity contribution in [3.05, 3.63) is 36.4 Å². The fraction of sp³-hybridized carbons (Fsp3) is 0.478. The summed E-state index contributed by atoms with van der Waals surface area (Å²) in [7, 11) is 1.98. The minimum absolute atomic E-state index is 0.0755. The number of anilines is 1. The molecule has 2 saturated heterocycles. The molecule has 4 aromatic rings. The van der Waals surface area contributed by atoms with E-state index in [4.69, 9.17) is 14.7 Å². The van der Waals surface area contributed by atoms with Gasteiger partial charge < -0.3 is 14.7 Å². The molecule has 4 aromatic heterocycles. The molecule has 0 bridgehead atoms. The van der Waals surface area contributed by atoms with E-state index in [1.54, 1.807) is 12.3 Å². The van der Waals surface area contributed by atoms with E-state index >= 15 is 0 Å². The largest absolute Gasteiger partial charge is 0.506 e. The van der Waals surface area contributed by atoms with Crippen molar-refractivity contribution in [1.82, 2.24) is 44.6 Å². The van der Waals surface area contributed by atoms with Crippen molar-refractivity contribution >= 4 is 17.0 Å². The van der Waals surface area contributed by atoms with Crippen molar-refractivity contribution in [3.8, 4) is 17.1 Å². The van der Waals surface area contributed by atoms with Gasteiger partial charge in [0.1, 0.15) is 5.75 Å². The highest BCUT2D eigenvalue weighted by Crippen LogP contribution is 2.31. The highest BCUT2D eigenvalue weighted by molar-refractivity contribution is 5.85. The lowest BCUT2D eigenvalue weighted by molar-refractivity contribution is 0.122. The lowest BCUT2D eigenvalue weighted by Gasteiger charge is -2.31. The molecule has 12 nitrogen and oxygen atoms in total. The summed E-state index contributed by atoms with van der Waals surface area (Å²) in [4.78, 5) is 18.4. The number of piperidine rings is 1. The van der Waals surface area contributed by atoms with Gasteiger partial charge in [-0.15, -0.1) is 5.10 Å². The van der Waals surface area contributed by atoms with Gasteiger partial charge in [-0.25, -0.2) is 14.6 Å². The molecule has 0 spiro atoms. The Hall–Kier alpha value is -3.64. The zero-order valence-corrected chi connectivity index (χ0v) is 19.7. The number of morpholine rings is 1. The number of fused-ring (bicyclic) bond motifs is 1. The van der Waals surface area contributed by atoms with E-state index in [0.717, 1.165) is 51.4 Å². The number of aromatic hydroxyl groups is 1. The lowest BCUT2D eigenvalue weighted by Crippen LogP contribution is -2.37. The number of aromatic nitrogens is 8. The maximum Gasteiger partial charge on any atom is 0.184 e. The van der Waals surface area contributed by atoms with Crippen molar-refractivity contribution in [2.24, 2.45) is 7.05 Å². The Morgan fingerprint density at radius 3 is 2.66 bits per heavy atom. The van der Waals surface area contributed by atoms with Gasteiger partial charge >= 0.3 is 0 Å². The molecule has 0 radical (unpaired) electrons. The van der Waals surface area contributed by atoms with Gasteiger partial charge in [0.2, 0.25) is 0 Å². The van der Waals surface area contributed by atoms with Crippen LogP contribution in [0.4, 0.5) is 5.82 Å². The fourth-order valence-electron chi connectivity index (χ4n) is 4.84. The first-order valence-corrected chi connectivity index (χ1v) is 11.9. The second-order valence-corrected chi connectivity index (χ2v) is 9.06. The van der Waals surface area contributed by atoms with Gasteiger partial charge in [-0.3, -0.25) is 14.6 Å². The Kier molecular flexibility index (Phi) is 5.74. The van der Waals surface area contributed by atoms with Gasteiger partial charge in [0.15, 0.2) is 22.8 Å². The van der Waals surface area contributed by atoms with Crippen LogP contribution in [0.3, 0.4) is 0 Å². The lowest BCUT2D eigenvalue weighted by atomic mass is 10.0. The molecule has 12 heteroatoms. The van der Waals surface area contributed by atoms with Crippen LogP contribution in [0.25, 0.3) is 22.6 Å². The summed E-state index contributed by atoms with van der Waals surface area (Å²) in [5, 5.41) is 23.3. The minimum atomic E-state index is 0.0755. The second-order valence-electron chi connectivity index (χ2n) is 9.06. The van der Waals surface area contributed by atoms with E-state index in [0.29, 0.717) is 35.8 Å². The number of rotatable bonds is 5. The van der Waals surface area contributed by atoms with Gasteiger partial charge in [-0.2, -0.15) is 5.10 Å². The van der Waals surface area contributed by atoms with Crippen LogP contribution in [0, 0.1) is 0 Å². The predicted molar refractivity (Wildman–Crippen MR) is 128 cm³/mol. The van der Waals surface area contributed by atoms with Crippen LogP contribution < -0.4 is 4.90 Å². The molecule has 0 aliphatic carbocycles. The van der Waals surface area contributed by atoms with Crippen molar-refractivity contribution in [3.63, 3.8) is 0 Å². The third-order valence-electron chi connectivity index (χ3n) is 6.81. The summed E-state index contributed by atoms with van der Waals surface area (Å²) in [6, 6.07) is 3.90. The molecule has 0 atom stereocenters. The quantitative estimate of drug-likeness (QED) is 0.452. The third kappa shape index (κ3) is 4.30. The Bertz CT molecular complexity index is 1320. The van der Waals surface area contributed by atoms with Crippen molar-refractivity contribution < 1.29 is 9.84 Å². The molecule has 182 valence electrons. The third-order valence-corrected chi connectivity index (χ3v) is 6.81. The molecule has 6 rings (SSSR count). The van der Waals surface area contributed by atoms with Crippen molar-refractivity contribution in [1.29, 1.82) is 0 Å². The number of likely N-dealkylation sites (tertiary alicyclic amines) is 1. The van der Waals surface area contributed by atoms with Crippen LogP contribution in [-0.4, -0.2) is 89.1 Å². The number of ether oxygens (including phenoxy) is 1. The molecule has 0 aromatic carbocycles. The van der Waals surface area contributed by atoms with Crippen LogP contribution in [0.5, 0.6) is 5.75 Å².